The summed E-state index contributed by atoms with van der Waals surface area (Å²) < 4.78 is 2.39. The van der Waals surface area contributed by atoms with Crippen LogP contribution in [-0.2, 0) is 6.54 Å². The molecule has 13 heavy (non-hydrogen) atoms. The van der Waals surface area contributed by atoms with Gasteiger partial charge in [-0.05, 0) is 31.9 Å². The Kier molecular flexibility index (Phi) is 1.53. The number of aromatic nitrogens is 1. The summed E-state index contributed by atoms with van der Waals surface area (Å²) >= 11 is 0. The maximum absolute atomic E-state index is 2.66. The van der Waals surface area contributed by atoms with Gasteiger partial charge >= 0.3 is 0 Å². The number of fused-ring (bicyclic) bond motifs is 1. The zero-order valence-corrected chi connectivity index (χ0v) is 8.11. The average Bonchev–Trinajstić information content (AvgIpc) is 2.83. The van der Waals surface area contributed by atoms with Crippen LogP contribution in [0.1, 0.15) is 31.5 Å². The first-order valence-corrected chi connectivity index (χ1v) is 5.27. The molecule has 2 heteroatoms. The SMILES string of the molecule is CC1c2cccn2CCN1C1CC1. The molecule has 1 saturated carbocycles. The first kappa shape index (κ1) is 7.63. The van der Waals surface area contributed by atoms with Crippen LogP contribution in [0.4, 0.5) is 0 Å². The minimum Gasteiger partial charge on any atom is -0.349 e. The monoisotopic (exact) mass is 176 g/mol. The molecule has 1 fully saturated rings. The minimum atomic E-state index is 0.635. The van der Waals surface area contributed by atoms with Gasteiger partial charge in [0, 0.05) is 37.1 Å². The number of nitrogens with zero attached hydrogens (tertiary/aromatic N) is 2. The van der Waals surface area contributed by atoms with Crippen molar-refractivity contribution in [3.8, 4) is 0 Å². The molecule has 0 saturated heterocycles. The summed E-state index contributed by atoms with van der Waals surface area (Å²) in [6, 6.07) is 5.97. The third kappa shape index (κ3) is 1.12. The summed E-state index contributed by atoms with van der Waals surface area (Å²) in [5.74, 6) is 0. The van der Waals surface area contributed by atoms with E-state index in [2.05, 4.69) is 34.7 Å². The first-order chi connectivity index (χ1) is 6.36. The zero-order valence-electron chi connectivity index (χ0n) is 8.11. The molecule has 70 valence electrons. The zero-order chi connectivity index (χ0) is 8.84. The Morgan fingerprint density at radius 2 is 2.15 bits per heavy atom. The normalized spacial score (nSPS) is 28.8. The fourth-order valence-electron chi connectivity index (χ4n) is 2.50. The Morgan fingerprint density at radius 3 is 2.92 bits per heavy atom. The van der Waals surface area contributed by atoms with Crippen molar-refractivity contribution in [2.24, 2.45) is 0 Å². The highest BCUT2D eigenvalue weighted by Gasteiger charge is 2.35. The predicted octanol–water partition coefficient (Wildman–Crippen LogP) is 2.03. The lowest BCUT2D eigenvalue weighted by atomic mass is 10.1. The Bertz CT molecular complexity index is 312. The van der Waals surface area contributed by atoms with Gasteiger partial charge < -0.3 is 4.57 Å². The molecule has 1 aliphatic heterocycles. The molecule has 0 amide bonds. The van der Waals surface area contributed by atoms with Crippen molar-refractivity contribution in [2.45, 2.75) is 38.4 Å². The van der Waals surface area contributed by atoms with Gasteiger partial charge in [0.05, 0.1) is 0 Å². The predicted molar refractivity (Wildman–Crippen MR) is 52.6 cm³/mol. The molecule has 0 spiro atoms. The average molecular weight is 176 g/mol. The van der Waals surface area contributed by atoms with E-state index >= 15 is 0 Å². The molecule has 1 unspecified atom stereocenters. The maximum Gasteiger partial charge on any atom is 0.0475 e. The van der Waals surface area contributed by atoms with Crippen LogP contribution in [0.2, 0.25) is 0 Å². The molecular weight excluding hydrogens is 160 g/mol. The van der Waals surface area contributed by atoms with Crippen LogP contribution in [0.5, 0.6) is 0 Å². The fraction of sp³-hybridized carbons (Fsp3) is 0.636. The van der Waals surface area contributed by atoms with E-state index in [1.165, 1.54) is 31.6 Å². The van der Waals surface area contributed by atoms with Crippen LogP contribution in [0.3, 0.4) is 0 Å². The van der Waals surface area contributed by atoms with Gasteiger partial charge in [-0.25, -0.2) is 0 Å². The van der Waals surface area contributed by atoms with Crippen molar-refractivity contribution < 1.29 is 0 Å². The second-order valence-electron chi connectivity index (χ2n) is 4.27. The molecule has 0 aromatic carbocycles. The summed E-state index contributed by atoms with van der Waals surface area (Å²) in [7, 11) is 0. The molecule has 2 aliphatic rings. The van der Waals surface area contributed by atoms with Crippen molar-refractivity contribution in [1.29, 1.82) is 0 Å². The summed E-state index contributed by atoms with van der Waals surface area (Å²) in [5.41, 5.74) is 1.50. The van der Waals surface area contributed by atoms with Crippen LogP contribution in [0.25, 0.3) is 0 Å². The molecule has 3 rings (SSSR count). The van der Waals surface area contributed by atoms with E-state index in [9.17, 15) is 0 Å². The number of rotatable bonds is 1. The van der Waals surface area contributed by atoms with Gasteiger partial charge in [0.2, 0.25) is 0 Å². The highest BCUT2D eigenvalue weighted by molar-refractivity contribution is 5.14. The van der Waals surface area contributed by atoms with E-state index in [-0.39, 0.29) is 0 Å². The molecule has 0 N–H and O–H groups in total. The Hall–Kier alpha value is -0.760. The van der Waals surface area contributed by atoms with E-state index in [4.69, 9.17) is 0 Å². The topological polar surface area (TPSA) is 8.17 Å². The van der Waals surface area contributed by atoms with Crippen LogP contribution < -0.4 is 0 Å². The summed E-state index contributed by atoms with van der Waals surface area (Å²) in [6.07, 6.45) is 5.05. The lowest BCUT2D eigenvalue weighted by molar-refractivity contribution is 0.160. The standard InChI is InChI=1S/C11H16N2/c1-9-11-3-2-6-12(11)7-8-13(9)10-4-5-10/h2-3,6,9-10H,4-5,7-8H2,1H3. The minimum absolute atomic E-state index is 0.635. The van der Waals surface area contributed by atoms with E-state index < -0.39 is 0 Å². The third-order valence-electron chi connectivity index (χ3n) is 3.41. The molecule has 0 radical (unpaired) electrons. The lowest BCUT2D eigenvalue weighted by Crippen LogP contribution is -2.37. The van der Waals surface area contributed by atoms with Crippen molar-refractivity contribution in [1.82, 2.24) is 9.47 Å². The first-order valence-electron chi connectivity index (χ1n) is 5.27. The van der Waals surface area contributed by atoms with Gasteiger partial charge in [0.1, 0.15) is 0 Å². The summed E-state index contributed by atoms with van der Waals surface area (Å²) in [4.78, 5) is 2.66. The van der Waals surface area contributed by atoms with Crippen LogP contribution >= 0.6 is 0 Å². The molecule has 0 bridgehead atoms. The molecule has 1 aromatic heterocycles. The third-order valence-corrected chi connectivity index (χ3v) is 3.41. The van der Waals surface area contributed by atoms with Crippen molar-refractivity contribution >= 4 is 0 Å². The second kappa shape index (κ2) is 2.61. The van der Waals surface area contributed by atoms with Gasteiger partial charge in [-0.2, -0.15) is 0 Å². The highest BCUT2D eigenvalue weighted by Crippen LogP contribution is 2.36. The second-order valence-corrected chi connectivity index (χ2v) is 4.27. The van der Waals surface area contributed by atoms with Crippen LogP contribution in [0, 0.1) is 0 Å². The smallest absolute Gasteiger partial charge is 0.0475 e. The molecule has 1 atom stereocenters. The largest absolute Gasteiger partial charge is 0.349 e. The fourth-order valence-corrected chi connectivity index (χ4v) is 2.50. The van der Waals surface area contributed by atoms with Gasteiger partial charge in [0.15, 0.2) is 0 Å². The molecule has 1 aromatic rings. The summed E-state index contributed by atoms with van der Waals surface area (Å²) in [5, 5.41) is 0. The molecule has 1 aliphatic carbocycles. The Morgan fingerprint density at radius 1 is 1.31 bits per heavy atom. The van der Waals surface area contributed by atoms with Crippen molar-refractivity contribution in [3.05, 3.63) is 24.0 Å². The highest BCUT2D eigenvalue weighted by atomic mass is 15.3. The quantitative estimate of drug-likeness (QED) is 0.635. The van der Waals surface area contributed by atoms with E-state index in [1.807, 2.05) is 0 Å². The summed E-state index contributed by atoms with van der Waals surface area (Å²) in [6.45, 7) is 4.76. The molecule has 2 heterocycles. The van der Waals surface area contributed by atoms with Gasteiger partial charge in [-0.15, -0.1) is 0 Å². The lowest BCUT2D eigenvalue weighted by Gasteiger charge is -2.34. The van der Waals surface area contributed by atoms with Crippen LogP contribution in [0.15, 0.2) is 18.3 Å². The molecule has 2 nitrogen and oxygen atoms in total. The molecular formula is C11H16N2. The van der Waals surface area contributed by atoms with E-state index in [1.54, 1.807) is 0 Å². The number of hydrogen-bond donors (Lipinski definition) is 0. The van der Waals surface area contributed by atoms with Crippen molar-refractivity contribution in [2.75, 3.05) is 6.54 Å². The Balaban J connectivity index is 1.91. The Labute approximate surface area is 79.2 Å². The van der Waals surface area contributed by atoms with Crippen molar-refractivity contribution in [3.63, 3.8) is 0 Å². The van der Waals surface area contributed by atoms with E-state index in [0.29, 0.717) is 6.04 Å². The maximum atomic E-state index is 2.66. The van der Waals surface area contributed by atoms with E-state index in [0.717, 1.165) is 6.04 Å². The number of hydrogen-bond acceptors (Lipinski definition) is 1. The van der Waals surface area contributed by atoms with Gasteiger partial charge in [0.25, 0.3) is 0 Å². The van der Waals surface area contributed by atoms with Crippen LogP contribution in [-0.4, -0.2) is 22.1 Å². The van der Waals surface area contributed by atoms with Gasteiger partial charge in [-0.3, -0.25) is 4.90 Å². The van der Waals surface area contributed by atoms with Gasteiger partial charge in [-0.1, -0.05) is 0 Å².